The second-order valence-corrected chi connectivity index (χ2v) is 5.95. The number of aromatic nitrogens is 2. The van der Waals surface area contributed by atoms with Crippen molar-refractivity contribution in [3.63, 3.8) is 0 Å². The maximum absolute atomic E-state index is 12.1. The van der Waals surface area contributed by atoms with E-state index >= 15 is 0 Å². The summed E-state index contributed by atoms with van der Waals surface area (Å²) in [5.74, 6) is 0.808. The quantitative estimate of drug-likeness (QED) is 0.832. The minimum absolute atomic E-state index is 0.00109. The fourth-order valence-electron chi connectivity index (χ4n) is 1.75. The molecule has 0 spiro atoms. The number of nitrogens with zero attached hydrogens (tertiary/aromatic N) is 2. The van der Waals surface area contributed by atoms with Crippen molar-refractivity contribution in [2.75, 3.05) is 7.11 Å². The van der Waals surface area contributed by atoms with Gasteiger partial charge in [0.05, 0.1) is 12.4 Å². The molecule has 1 amide bonds. The molecule has 1 aromatic carbocycles. The van der Waals surface area contributed by atoms with Gasteiger partial charge in [-0.1, -0.05) is 23.9 Å². The smallest absolute Gasteiger partial charge is 0.233 e. The van der Waals surface area contributed by atoms with Crippen molar-refractivity contribution >= 4 is 17.7 Å². The van der Waals surface area contributed by atoms with Crippen molar-refractivity contribution in [1.29, 1.82) is 0 Å². The first-order valence-corrected chi connectivity index (χ1v) is 7.52. The molecule has 0 bridgehead atoms. The minimum atomic E-state index is -0.190. The Morgan fingerprint density at radius 3 is 2.71 bits per heavy atom. The van der Waals surface area contributed by atoms with Gasteiger partial charge in [-0.25, -0.2) is 4.98 Å². The number of nitrogens with one attached hydrogen (secondary N) is 1. The lowest BCUT2D eigenvalue weighted by Crippen LogP contribution is -2.30. The first kappa shape index (κ1) is 15.4. The number of aryl methyl sites for hydroxylation is 1. The van der Waals surface area contributed by atoms with Gasteiger partial charge in [0.2, 0.25) is 5.91 Å². The summed E-state index contributed by atoms with van der Waals surface area (Å²) in [5, 5.41) is 3.58. The van der Waals surface area contributed by atoms with E-state index in [0.29, 0.717) is 6.54 Å². The van der Waals surface area contributed by atoms with Crippen LogP contribution in [0.4, 0.5) is 0 Å². The largest absolute Gasteiger partial charge is 0.497 e. The van der Waals surface area contributed by atoms with Gasteiger partial charge in [-0.15, -0.1) is 0 Å². The van der Waals surface area contributed by atoms with E-state index in [0.717, 1.165) is 16.5 Å². The highest BCUT2D eigenvalue weighted by Crippen LogP contribution is 2.20. The number of hydrogen-bond donors (Lipinski definition) is 1. The second kappa shape index (κ2) is 7.17. The predicted molar refractivity (Wildman–Crippen MR) is 83.4 cm³/mol. The van der Waals surface area contributed by atoms with Gasteiger partial charge in [-0.3, -0.25) is 4.79 Å². The molecule has 2 rings (SSSR count). The summed E-state index contributed by atoms with van der Waals surface area (Å²) in [6.07, 6.45) is 3.59. The standard InChI is InChI=1S/C15H19N3O2S/c1-11(21-15-16-8-9-18(15)2)14(19)17-10-12-4-6-13(20-3)7-5-12/h4-9,11H,10H2,1-3H3,(H,17,19). The van der Waals surface area contributed by atoms with Crippen LogP contribution in [-0.4, -0.2) is 27.8 Å². The topological polar surface area (TPSA) is 56.1 Å². The van der Waals surface area contributed by atoms with Crippen LogP contribution in [0.5, 0.6) is 5.75 Å². The minimum Gasteiger partial charge on any atom is -0.497 e. The van der Waals surface area contributed by atoms with Gasteiger partial charge in [-0.2, -0.15) is 0 Å². The zero-order valence-electron chi connectivity index (χ0n) is 12.4. The van der Waals surface area contributed by atoms with Gasteiger partial charge in [0, 0.05) is 26.0 Å². The molecule has 5 nitrogen and oxygen atoms in total. The summed E-state index contributed by atoms with van der Waals surface area (Å²) < 4.78 is 7.00. The van der Waals surface area contributed by atoms with Crippen molar-refractivity contribution in [2.45, 2.75) is 23.9 Å². The Balaban J connectivity index is 1.84. The van der Waals surface area contributed by atoms with Gasteiger partial charge in [0.15, 0.2) is 5.16 Å². The summed E-state index contributed by atoms with van der Waals surface area (Å²) in [4.78, 5) is 16.3. The van der Waals surface area contributed by atoms with E-state index in [1.807, 2.05) is 49.0 Å². The number of imidazole rings is 1. The normalized spacial score (nSPS) is 12.0. The van der Waals surface area contributed by atoms with Crippen LogP contribution >= 0.6 is 11.8 Å². The molecular formula is C15H19N3O2S. The predicted octanol–water partition coefficient (Wildman–Crippen LogP) is 2.23. The zero-order valence-corrected chi connectivity index (χ0v) is 13.2. The average molecular weight is 305 g/mol. The molecule has 1 aromatic heterocycles. The molecule has 112 valence electrons. The first-order valence-electron chi connectivity index (χ1n) is 6.64. The average Bonchev–Trinajstić information content (AvgIpc) is 2.90. The number of thioether (sulfide) groups is 1. The lowest BCUT2D eigenvalue weighted by Gasteiger charge is -2.12. The molecule has 1 atom stereocenters. The van der Waals surface area contributed by atoms with E-state index in [2.05, 4.69) is 10.3 Å². The monoisotopic (exact) mass is 305 g/mol. The molecule has 0 aliphatic heterocycles. The Kier molecular flexibility index (Phi) is 5.27. The van der Waals surface area contributed by atoms with Gasteiger partial charge in [0.1, 0.15) is 5.75 Å². The fourth-order valence-corrected chi connectivity index (χ4v) is 2.61. The summed E-state index contributed by atoms with van der Waals surface area (Å²) in [7, 11) is 3.55. The lowest BCUT2D eigenvalue weighted by atomic mass is 10.2. The van der Waals surface area contributed by atoms with Crippen molar-refractivity contribution in [3.05, 3.63) is 42.2 Å². The Morgan fingerprint density at radius 2 is 2.14 bits per heavy atom. The Hall–Kier alpha value is -1.95. The maximum atomic E-state index is 12.1. The van der Waals surface area contributed by atoms with Crippen LogP contribution in [0.2, 0.25) is 0 Å². The number of carbonyl (C=O) groups is 1. The molecule has 1 N–H and O–H groups in total. The van der Waals surface area contributed by atoms with Crippen molar-refractivity contribution in [3.8, 4) is 5.75 Å². The number of benzene rings is 1. The molecular weight excluding hydrogens is 286 g/mol. The molecule has 21 heavy (non-hydrogen) atoms. The van der Waals surface area contributed by atoms with Crippen LogP contribution in [0.3, 0.4) is 0 Å². The molecule has 0 aliphatic rings. The molecule has 1 heterocycles. The molecule has 0 radical (unpaired) electrons. The first-order chi connectivity index (χ1) is 10.1. The van der Waals surface area contributed by atoms with E-state index in [1.165, 1.54) is 11.8 Å². The highest BCUT2D eigenvalue weighted by Gasteiger charge is 2.16. The van der Waals surface area contributed by atoms with Crippen LogP contribution in [0.25, 0.3) is 0 Å². The Bertz CT molecular complexity index is 595. The zero-order chi connectivity index (χ0) is 15.2. The number of hydrogen-bond acceptors (Lipinski definition) is 4. The molecule has 0 saturated heterocycles. The maximum Gasteiger partial charge on any atom is 0.233 e. The summed E-state index contributed by atoms with van der Waals surface area (Å²) in [5.41, 5.74) is 1.04. The van der Waals surface area contributed by atoms with Crippen molar-refractivity contribution in [1.82, 2.24) is 14.9 Å². The fraction of sp³-hybridized carbons (Fsp3) is 0.333. The number of methoxy groups -OCH3 is 1. The van der Waals surface area contributed by atoms with E-state index in [9.17, 15) is 4.79 Å². The molecule has 1 unspecified atom stereocenters. The van der Waals surface area contributed by atoms with Crippen LogP contribution in [0, 0.1) is 0 Å². The van der Waals surface area contributed by atoms with E-state index < -0.39 is 0 Å². The third-order valence-electron chi connectivity index (χ3n) is 3.05. The van der Waals surface area contributed by atoms with Crippen LogP contribution in [-0.2, 0) is 18.4 Å². The Morgan fingerprint density at radius 1 is 1.43 bits per heavy atom. The highest BCUT2D eigenvalue weighted by atomic mass is 32.2. The second-order valence-electron chi connectivity index (χ2n) is 4.65. The summed E-state index contributed by atoms with van der Waals surface area (Å²) in [6, 6.07) is 7.65. The third-order valence-corrected chi connectivity index (χ3v) is 4.23. The SMILES string of the molecule is COc1ccc(CNC(=O)C(C)Sc2nccn2C)cc1. The molecule has 2 aromatic rings. The van der Waals surface area contributed by atoms with Gasteiger partial charge in [0.25, 0.3) is 0 Å². The van der Waals surface area contributed by atoms with Crippen LogP contribution in [0.1, 0.15) is 12.5 Å². The van der Waals surface area contributed by atoms with Crippen LogP contribution in [0.15, 0.2) is 41.8 Å². The van der Waals surface area contributed by atoms with Crippen LogP contribution < -0.4 is 10.1 Å². The van der Waals surface area contributed by atoms with Crippen molar-refractivity contribution in [2.24, 2.45) is 7.05 Å². The van der Waals surface area contributed by atoms with E-state index in [-0.39, 0.29) is 11.2 Å². The summed E-state index contributed by atoms with van der Waals surface area (Å²) >= 11 is 1.45. The van der Waals surface area contributed by atoms with Gasteiger partial charge < -0.3 is 14.6 Å². The Labute approximate surface area is 128 Å². The molecule has 0 aliphatic carbocycles. The molecule has 6 heteroatoms. The van der Waals surface area contributed by atoms with E-state index in [1.54, 1.807) is 13.3 Å². The number of ether oxygens (including phenoxy) is 1. The van der Waals surface area contributed by atoms with E-state index in [4.69, 9.17) is 4.74 Å². The number of amides is 1. The third kappa shape index (κ3) is 4.26. The van der Waals surface area contributed by atoms with Crippen molar-refractivity contribution < 1.29 is 9.53 Å². The van der Waals surface area contributed by atoms with Gasteiger partial charge in [-0.05, 0) is 24.6 Å². The number of carbonyl (C=O) groups excluding carboxylic acids is 1. The lowest BCUT2D eigenvalue weighted by molar-refractivity contribution is -0.120. The number of rotatable bonds is 6. The highest BCUT2D eigenvalue weighted by molar-refractivity contribution is 8.00. The molecule has 0 saturated carbocycles. The summed E-state index contributed by atoms with van der Waals surface area (Å²) in [6.45, 7) is 2.39. The molecule has 0 fully saturated rings. The van der Waals surface area contributed by atoms with Gasteiger partial charge >= 0.3 is 0 Å².